The van der Waals surface area contributed by atoms with Crippen molar-refractivity contribution in [1.82, 2.24) is 0 Å². The Hall–Kier alpha value is -2.47. The summed E-state index contributed by atoms with van der Waals surface area (Å²) >= 11 is 6.28. The second-order valence-corrected chi connectivity index (χ2v) is 8.78. The van der Waals surface area contributed by atoms with Crippen LogP contribution in [0.2, 0.25) is 5.02 Å². The number of hydrogen-bond acceptors (Lipinski definition) is 6. The van der Waals surface area contributed by atoms with Crippen molar-refractivity contribution in [1.29, 1.82) is 0 Å². The van der Waals surface area contributed by atoms with Gasteiger partial charge in [-0.3, -0.25) is 9.59 Å². The molecule has 0 bridgehead atoms. The lowest BCUT2D eigenvalue weighted by molar-refractivity contribution is -0.135. The van der Waals surface area contributed by atoms with Crippen LogP contribution in [0.25, 0.3) is 10.8 Å². The summed E-state index contributed by atoms with van der Waals surface area (Å²) in [6.07, 6.45) is 1.24. The molecular weight excluding hydrogens is 432 g/mol. The van der Waals surface area contributed by atoms with E-state index in [0.717, 1.165) is 0 Å². The van der Waals surface area contributed by atoms with E-state index in [1.54, 1.807) is 18.2 Å². The topological polar surface area (TPSA) is 71.1 Å². The normalized spacial score (nSPS) is 13.0. The van der Waals surface area contributed by atoms with Gasteiger partial charge in [-0.05, 0) is 50.8 Å². The Balaban J connectivity index is 2.90. The van der Waals surface area contributed by atoms with Gasteiger partial charge in [-0.1, -0.05) is 39.3 Å². The van der Waals surface area contributed by atoms with Gasteiger partial charge in [0.15, 0.2) is 11.5 Å². The third-order valence-corrected chi connectivity index (χ3v) is 5.15. The molecule has 0 aliphatic rings. The average Bonchev–Trinajstić information content (AvgIpc) is 2.71. The lowest BCUT2D eigenvalue weighted by Gasteiger charge is -2.25. The van der Waals surface area contributed by atoms with Gasteiger partial charge in [-0.15, -0.1) is 0 Å². The molecule has 2 aromatic rings. The van der Waals surface area contributed by atoms with Gasteiger partial charge in [0.25, 0.3) is 0 Å². The first kappa shape index (κ1) is 25.8. The summed E-state index contributed by atoms with van der Waals surface area (Å²) < 4.78 is 23.8. The molecule has 0 aromatic heterocycles. The molecule has 0 heterocycles. The molecule has 0 N–H and O–H groups in total. The van der Waals surface area contributed by atoms with Crippen LogP contribution in [0.15, 0.2) is 18.2 Å². The standard InChI is InChI=1S/C25H33ClO6/c1-8-15(5)29-24-22(31-17(7)27)19-11-10-18(26)13-20(19)23(25(24)30-16(6)9-2)32-21(28)12-14(3)4/h10-11,13-16H,8-9,12H2,1-7H3. The fourth-order valence-electron chi connectivity index (χ4n) is 2.97. The Labute approximate surface area is 195 Å². The van der Waals surface area contributed by atoms with Crippen LogP contribution in [0.4, 0.5) is 0 Å². The van der Waals surface area contributed by atoms with E-state index >= 15 is 0 Å². The molecule has 7 heteroatoms. The molecule has 32 heavy (non-hydrogen) atoms. The molecule has 0 amide bonds. The van der Waals surface area contributed by atoms with Crippen LogP contribution < -0.4 is 18.9 Å². The maximum Gasteiger partial charge on any atom is 0.311 e. The minimum absolute atomic E-state index is 0.118. The molecule has 0 fully saturated rings. The monoisotopic (exact) mass is 464 g/mol. The largest absolute Gasteiger partial charge is 0.483 e. The van der Waals surface area contributed by atoms with Crippen molar-refractivity contribution >= 4 is 34.3 Å². The summed E-state index contributed by atoms with van der Waals surface area (Å²) in [5, 5.41) is 1.48. The Morgan fingerprint density at radius 3 is 1.84 bits per heavy atom. The molecule has 0 saturated carbocycles. The minimum Gasteiger partial charge on any atom is -0.483 e. The van der Waals surface area contributed by atoms with Gasteiger partial charge in [0.2, 0.25) is 11.5 Å². The van der Waals surface area contributed by atoms with Crippen molar-refractivity contribution in [2.75, 3.05) is 0 Å². The first-order valence-corrected chi connectivity index (χ1v) is 11.5. The van der Waals surface area contributed by atoms with E-state index in [1.807, 2.05) is 41.5 Å². The fraction of sp³-hybridized carbons (Fsp3) is 0.520. The summed E-state index contributed by atoms with van der Waals surface area (Å²) in [5.74, 6) is 0.0978. The van der Waals surface area contributed by atoms with Crippen LogP contribution in [0.3, 0.4) is 0 Å². The van der Waals surface area contributed by atoms with E-state index in [2.05, 4.69) is 0 Å². The number of ether oxygens (including phenoxy) is 4. The Kier molecular flexibility index (Phi) is 9.20. The zero-order chi connectivity index (χ0) is 24.0. The summed E-state index contributed by atoms with van der Waals surface area (Å²) in [7, 11) is 0. The van der Waals surface area contributed by atoms with E-state index in [9.17, 15) is 9.59 Å². The number of esters is 2. The van der Waals surface area contributed by atoms with E-state index in [4.69, 9.17) is 30.5 Å². The lowest BCUT2D eigenvalue weighted by atomic mass is 10.1. The maximum absolute atomic E-state index is 12.7. The molecule has 0 radical (unpaired) electrons. The summed E-state index contributed by atoms with van der Waals surface area (Å²) in [6.45, 7) is 13.0. The molecule has 2 rings (SSSR count). The number of benzene rings is 2. The molecular formula is C25H33ClO6. The number of hydrogen-bond donors (Lipinski definition) is 0. The summed E-state index contributed by atoms with van der Waals surface area (Å²) in [5.41, 5.74) is 0. The first-order chi connectivity index (χ1) is 15.1. The predicted molar refractivity (Wildman–Crippen MR) is 126 cm³/mol. The third-order valence-electron chi connectivity index (χ3n) is 4.91. The number of fused-ring (bicyclic) bond motifs is 1. The smallest absolute Gasteiger partial charge is 0.311 e. The molecule has 6 nitrogen and oxygen atoms in total. The Morgan fingerprint density at radius 2 is 1.38 bits per heavy atom. The second-order valence-electron chi connectivity index (χ2n) is 8.35. The highest BCUT2D eigenvalue weighted by molar-refractivity contribution is 6.31. The van der Waals surface area contributed by atoms with Crippen molar-refractivity contribution in [2.24, 2.45) is 5.92 Å². The van der Waals surface area contributed by atoms with Gasteiger partial charge in [-0.25, -0.2) is 0 Å². The highest BCUT2D eigenvalue weighted by Gasteiger charge is 2.29. The zero-order valence-electron chi connectivity index (χ0n) is 19.9. The molecule has 0 spiro atoms. The number of carbonyl (C=O) groups excluding carboxylic acids is 2. The molecule has 0 aliphatic heterocycles. The van der Waals surface area contributed by atoms with Crippen LogP contribution in [0, 0.1) is 5.92 Å². The van der Waals surface area contributed by atoms with Crippen molar-refractivity contribution in [3.63, 3.8) is 0 Å². The van der Waals surface area contributed by atoms with Crippen LogP contribution in [-0.2, 0) is 9.59 Å². The SMILES string of the molecule is CCC(C)Oc1c(OC(C)CC)c(OC(=O)CC(C)C)c2cc(Cl)ccc2c1OC(C)=O. The van der Waals surface area contributed by atoms with Gasteiger partial charge in [0, 0.05) is 29.1 Å². The Bertz CT molecular complexity index is 969. The van der Waals surface area contributed by atoms with E-state index in [-0.39, 0.29) is 47.5 Å². The molecule has 2 atom stereocenters. The Morgan fingerprint density at radius 1 is 0.844 bits per heavy atom. The predicted octanol–water partition coefficient (Wildman–Crippen LogP) is 6.72. The fourth-order valence-corrected chi connectivity index (χ4v) is 3.14. The third kappa shape index (κ3) is 6.52. The lowest BCUT2D eigenvalue weighted by Crippen LogP contribution is -2.18. The molecule has 0 aliphatic carbocycles. The molecule has 0 saturated heterocycles. The highest BCUT2D eigenvalue weighted by atomic mass is 35.5. The molecule has 2 aromatic carbocycles. The average molecular weight is 465 g/mol. The van der Waals surface area contributed by atoms with Gasteiger partial charge >= 0.3 is 11.9 Å². The minimum atomic E-state index is -0.505. The van der Waals surface area contributed by atoms with Crippen LogP contribution >= 0.6 is 11.6 Å². The van der Waals surface area contributed by atoms with Gasteiger partial charge < -0.3 is 18.9 Å². The van der Waals surface area contributed by atoms with Crippen LogP contribution in [-0.4, -0.2) is 24.1 Å². The van der Waals surface area contributed by atoms with E-state index in [0.29, 0.717) is 28.6 Å². The summed E-state index contributed by atoms with van der Waals surface area (Å²) in [4.78, 5) is 24.6. The van der Waals surface area contributed by atoms with Gasteiger partial charge in [0.05, 0.1) is 12.2 Å². The van der Waals surface area contributed by atoms with E-state index in [1.165, 1.54) is 6.92 Å². The maximum atomic E-state index is 12.7. The number of carbonyl (C=O) groups is 2. The van der Waals surface area contributed by atoms with Gasteiger partial charge in [-0.2, -0.15) is 0 Å². The van der Waals surface area contributed by atoms with E-state index < -0.39 is 11.9 Å². The quantitative estimate of drug-likeness (QED) is 0.287. The summed E-state index contributed by atoms with van der Waals surface area (Å²) in [6, 6.07) is 5.06. The van der Waals surface area contributed by atoms with Crippen LogP contribution in [0.1, 0.15) is 67.7 Å². The van der Waals surface area contributed by atoms with Crippen molar-refractivity contribution in [3.8, 4) is 23.0 Å². The highest BCUT2D eigenvalue weighted by Crippen LogP contribution is 2.53. The number of rotatable bonds is 10. The molecule has 176 valence electrons. The first-order valence-electron chi connectivity index (χ1n) is 11.1. The van der Waals surface area contributed by atoms with Crippen molar-refractivity contribution < 1.29 is 28.5 Å². The molecule has 2 unspecified atom stereocenters. The number of halogens is 1. The van der Waals surface area contributed by atoms with Crippen molar-refractivity contribution in [2.45, 2.75) is 79.9 Å². The zero-order valence-corrected chi connectivity index (χ0v) is 20.7. The second kappa shape index (κ2) is 11.4. The van der Waals surface area contributed by atoms with Crippen molar-refractivity contribution in [3.05, 3.63) is 23.2 Å². The van der Waals surface area contributed by atoms with Gasteiger partial charge in [0.1, 0.15) is 0 Å². The van der Waals surface area contributed by atoms with Crippen LogP contribution in [0.5, 0.6) is 23.0 Å².